The predicted octanol–water partition coefficient (Wildman–Crippen LogP) is 3.89. The molecule has 142 valence electrons. The molecule has 3 rings (SSSR count). The summed E-state index contributed by atoms with van der Waals surface area (Å²) >= 11 is 1.30. The molecule has 1 fully saturated rings. The molecular formula is C20H20F2N2O2S. The van der Waals surface area contributed by atoms with Crippen LogP contribution >= 0.6 is 11.8 Å². The summed E-state index contributed by atoms with van der Waals surface area (Å²) in [5.41, 5.74) is 1.84. The highest BCUT2D eigenvalue weighted by molar-refractivity contribution is 7.99. The van der Waals surface area contributed by atoms with Crippen molar-refractivity contribution in [3.05, 3.63) is 59.7 Å². The summed E-state index contributed by atoms with van der Waals surface area (Å²) < 4.78 is 26.0. The van der Waals surface area contributed by atoms with Crippen molar-refractivity contribution < 1.29 is 18.4 Å². The largest absolute Gasteiger partial charge is 0.352 e. The summed E-state index contributed by atoms with van der Waals surface area (Å²) in [4.78, 5) is 26.0. The first-order valence-electron chi connectivity index (χ1n) is 8.77. The topological polar surface area (TPSA) is 49.4 Å². The monoisotopic (exact) mass is 390 g/mol. The van der Waals surface area contributed by atoms with Gasteiger partial charge in [0.2, 0.25) is 11.8 Å². The Balaban J connectivity index is 1.41. The number of benzene rings is 2. The van der Waals surface area contributed by atoms with Crippen LogP contribution in [0, 0.1) is 11.6 Å². The zero-order valence-electron chi connectivity index (χ0n) is 14.7. The third-order valence-electron chi connectivity index (χ3n) is 4.30. The maximum absolute atomic E-state index is 13.1. The lowest BCUT2D eigenvalue weighted by Crippen LogP contribution is -2.24. The Hall–Kier alpha value is -2.41. The maximum atomic E-state index is 13.1. The first-order valence-corrected chi connectivity index (χ1v) is 9.75. The lowest BCUT2D eigenvalue weighted by Gasteiger charge is -2.16. The summed E-state index contributed by atoms with van der Waals surface area (Å²) in [6.45, 7) is 1.16. The molecule has 0 aromatic heterocycles. The fourth-order valence-corrected chi connectivity index (χ4v) is 3.71. The van der Waals surface area contributed by atoms with Crippen LogP contribution in [0.3, 0.4) is 0 Å². The van der Waals surface area contributed by atoms with Gasteiger partial charge < -0.3 is 10.2 Å². The molecule has 0 radical (unpaired) electrons. The van der Waals surface area contributed by atoms with Crippen LogP contribution in [0.5, 0.6) is 0 Å². The van der Waals surface area contributed by atoms with Crippen LogP contribution in [0.15, 0.2) is 47.4 Å². The van der Waals surface area contributed by atoms with Crippen molar-refractivity contribution in [3.63, 3.8) is 0 Å². The van der Waals surface area contributed by atoms with Gasteiger partial charge in [-0.1, -0.05) is 12.1 Å². The number of rotatable bonds is 7. The molecule has 2 amide bonds. The number of hydrogen-bond donors (Lipinski definition) is 1. The van der Waals surface area contributed by atoms with Crippen molar-refractivity contribution >= 4 is 29.3 Å². The number of thioether (sulfide) groups is 1. The zero-order chi connectivity index (χ0) is 19.2. The summed E-state index contributed by atoms with van der Waals surface area (Å²) in [5.74, 6) is -1.24. The van der Waals surface area contributed by atoms with Crippen molar-refractivity contribution in [2.75, 3.05) is 17.2 Å². The number of nitrogens with one attached hydrogen (secondary N) is 1. The van der Waals surface area contributed by atoms with Crippen molar-refractivity contribution in [2.45, 2.75) is 30.7 Å². The fraction of sp³-hybridized carbons (Fsp3) is 0.300. The molecule has 0 spiro atoms. The first-order chi connectivity index (χ1) is 13.0. The van der Waals surface area contributed by atoms with Crippen molar-refractivity contribution in [3.8, 4) is 0 Å². The highest BCUT2D eigenvalue weighted by Gasteiger charge is 2.21. The molecule has 1 N–H and O–H groups in total. The van der Waals surface area contributed by atoms with E-state index >= 15 is 0 Å². The molecular weight excluding hydrogens is 370 g/mol. The van der Waals surface area contributed by atoms with Gasteiger partial charge in [0.05, 0.1) is 0 Å². The number of nitrogens with zero attached hydrogens (tertiary/aromatic N) is 1. The van der Waals surface area contributed by atoms with E-state index in [9.17, 15) is 18.4 Å². The van der Waals surface area contributed by atoms with Gasteiger partial charge in [0.1, 0.15) is 0 Å². The second-order valence-corrected chi connectivity index (χ2v) is 7.43. The second-order valence-electron chi connectivity index (χ2n) is 6.27. The quantitative estimate of drug-likeness (QED) is 0.730. The Morgan fingerprint density at radius 2 is 1.89 bits per heavy atom. The van der Waals surface area contributed by atoms with Crippen molar-refractivity contribution in [1.29, 1.82) is 0 Å². The lowest BCUT2D eigenvalue weighted by atomic mass is 10.2. The highest BCUT2D eigenvalue weighted by atomic mass is 32.2. The molecule has 1 aliphatic rings. The third-order valence-corrected chi connectivity index (χ3v) is 5.30. The maximum Gasteiger partial charge on any atom is 0.227 e. The molecule has 7 heteroatoms. The van der Waals surface area contributed by atoms with E-state index in [2.05, 4.69) is 5.32 Å². The van der Waals surface area contributed by atoms with Gasteiger partial charge in [0.25, 0.3) is 0 Å². The van der Waals surface area contributed by atoms with E-state index in [1.165, 1.54) is 17.8 Å². The SMILES string of the molecule is O=C(CCSc1ccc(F)c(F)c1)NCc1ccc(N2CCCC2=O)cc1. The molecule has 1 heterocycles. The molecule has 1 saturated heterocycles. The van der Waals surface area contributed by atoms with Gasteiger partial charge in [-0.25, -0.2) is 8.78 Å². The van der Waals surface area contributed by atoms with E-state index in [1.54, 1.807) is 4.90 Å². The average Bonchev–Trinajstić information content (AvgIpc) is 3.09. The van der Waals surface area contributed by atoms with Gasteiger partial charge in [-0.2, -0.15) is 0 Å². The molecule has 2 aromatic carbocycles. The Kier molecular flexibility index (Phi) is 6.45. The minimum absolute atomic E-state index is 0.108. The summed E-state index contributed by atoms with van der Waals surface area (Å²) in [6.07, 6.45) is 1.77. The molecule has 4 nitrogen and oxygen atoms in total. The van der Waals surface area contributed by atoms with E-state index < -0.39 is 11.6 Å². The molecule has 0 aliphatic carbocycles. The van der Waals surface area contributed by atoms with E-state index in [1.807, 2.05) is 24.3 Å². The van der Waals surface area contributed by atoms with Crippen LogP contribution in [-0.4, -0.2) is 24.1 Å². The van der Waals surface area contributed by atoms with Crippen molar-refractivity contribution in [2.24, 2.45) is 0 Å². The van der Waals surface area contributed by atoms with Crippen LogP contribution in [-0.2, 0) is 16.1 Å². The molecule has 0 saturated carbocycles. The first kappa shape index (κ1) is 19.4. The van der Waals surface area contributed by atoms with E-state index in [-0.39, 0.29) is 18.2 Å². The number of hydrogen-bond acceptors (Lipinski definition) is 3. The minimum Gasteiger partial charge on any atom is -0.352 e. The fourth-order valence-electron chi connectivity index (χ4n) is 2.83. The summed E-state index contributed by atoms with van der Waals surface area (Å²) in [6, 6.07) is 11.3. The van der Waals surface area contributed by atoms with Crippen LogP contribution < -0.4 is 10.2 Å². The lowest BCUT2D eigenvalue weighted by molar-refractivity contribution is -0.121. The number of anilines is 1. The summed E-state index contributed by atoms with van der Waals surface area (Å²) in [7, 11) is 0. The third kappa shape index (κ3) is 5.29. The molecule has 0 bridgehead atoms. The smallest absolute Gasteiger partial charge is 0.227 e. The Morgan fingerprint density at radius 3 is 2.56 bits per heavy atom. The Labute approximate surface area is 160 Å². The predicted molar refractivity (Wildman–Crippen MR) is 102 cm³/mol. The zero-order valence-corrected chi connectivity index (χ0v) is 15.5. The van der Waals surface area contributed by atoms with Gasteiger partial charge >= 0.3 is 0 Å². The minimum atomic E-state index is -0.886. The molecule has 1 aliphatic heterocycles. The number of carbonyl (C=O) groups excluding carboxylic acids is 2. The van der Waals surface area contributed by atoms with Crippen molar-refractivity contribution in [1.82, 2.24) is 5.32 Å². The Morgan fingerprint density at radius 1 is 1.11 bits per heavy atom. The van der Waals surface area contributed by atoms with E-state index in [0.29, 0.717) is 23.6 Å². The van der Waals surface area contributed by atoms with E-state index in [0.717, 1.165) is 36.3 Å². The van der Waals surface area contributed by atoms with Crippen LogP contribution in [0.4, 0.5) is 14.5 Å². The van der Waals surface area contributed by atoms with Gasteiger partial charge in [0.15, 0.2) is 11.6 Å². The second kappa shape index (κ2) is 8.99. The van der Waals surface area contributed by atoms with Crippen LogP contribution in [0.1, 0.15) is 24.8 Å². The molecule has 0 unspecified atom stereocenters. The van der Waals surface area contributed by atoms with Gasteiger partial charge in [-0.3, -0.25) is 9.59 Å². The normalized spacial score (nSPS) is 13.9. The molecule has 2 aromatic rings. The van der Waals surface area contributed by atoms with Crippen LogP contribution in [0.25, 0.3) is 0 Å². The van der Waals surface area contributed by atoms with Gasteiger partial charge in [-0.15, -0.1) is 11.8 Å². The Bertz CT molecular complexity index is 827. The number of amides is 2. The molecule has 27 heavy (non-hydrogen) atoms. The van der Waals surface area contributed by atoms with E-state index in [4.69, 9.17) is 0 Å². The average molecular weight is 390 g/mol. The summed E-state index contributed by atoms with van der Waals surface area (Å²) in [5, 5.41) is 2.84. The standard InChI is InChI=1S/C20H20F2N2O2S/c21-17-8-7-16(12-18(17)22)27-11-9-19(25)23-13-14-3-5-15(6-4-14)24-10-1-2-20(24)26/h3-8,12H,1-2,9-11,13H2,(H,23,25). The van der Waals surface area contributed by atoms with Crippen LogP contribution in [0.2, 0.25) is 0 Å². The highest BCUT2D eigenvalue weighted by Crippen LogP contribution is 2.22. The number of carbonyl (C=O) groups is 2. The number of halogens is 2. The van der Waals surface area contributed by atoms with Gasteiger partial charge in [-0.05, 0) is 42.3 Å². The van der Waals surface area contributed by atoms with Gasteiger partial charge in [0, 0.05) is 42.3 Å². The molecule has 0 atom stereocenters.